The molecule has 0 N–H and O–H groups in total. The minimum absolute atomic E-state index is 0.572. The topological polar surface area (TPSA) is 195 Å². The minimum atomic E-state index is 0.572. The second-order valence-electron chi connectivity index (χ2n) is 35.7. The molecule has 0 fully saturated rings. The van der Waals surface area contributed by atoms with Crippen LogP contribution in [0.5, 0.6) is 0 Å². The van der Waals surface area contributed by atoms with Gasteiger partial charge in [0.1, 0.15) is 19.0 Å². The number of fused-ring (bicyclic) bond motifs is 37. The number of rotatable bonds is 10. The molecule has 0 bridgehead atoms. The van der Waals surface area contributed by atoms with Crippen molar-refractivity contribution >= 4 is 266 Å². The van der Waals surface area contributed by atoms with Crippen molar-refractivity contribution in [3.8, 4) is 96.9 Å². The molecule has 17 nitrogen and oxygen atoms in total. The Kier molecular flexibility index (Phi) is 19.1. The molecule has 15 heterocycles. The van der Waals surface area contributed by atoms with E-state index >= 15 is 0 Å². The van der Waals surface area contributed by atoms with Crippen LogP contribution >= 0.6 is 68.0 Å². The highest BCUT2D eigenvalue weighted by Crippen LogP contribution is 2.57. The van der Waals surface area contributed by atoms with Gasteiger partial charge in [-0.05, 0) is 65.7 Å². The molecule has 32 aromatic rings. The molecule has 0 radical (unpaired) electrons. The van der Waals surface area contributed by atoms with Gasteiger partial charge in [-0.15, -0.1) is 68.0 Å². The van der Waals surface area contributed by atoms with Crippen LogP contribution in [-0.2, 0) is 0 Å². The molecule has 0 amide bonds. The lowest BCUT2D eigenvalue weighted by atomic mass is 10.0. The highest BCUT2D eigenvalue weighted by atomic mass is 32.1. The van der Waals surface area contributed by atoms with Gasteiger partial charge in [0.2, 0.25) is 11.9 Å². The molecule has 17 aromatic carbocycles. The molecule has 15 aromatic heterocycles. The fraction of sp³-hybridized carbons (Fsp3) is 0. The van der Waals surface area contributed by atoms with Crippen LogP contribution in [0.25, 0.3) is 295 Å². The lowest BCUT2D eigenvalue weighted by molar-refractivity contribution is 0.955. The van der Waals surface area contributed by atoms with E-state index in [0.717, 1.165) is 135 Å². The molecular formula is C122H67N17S6. The predicted molar refractivity (Wildman–Crippen MR) is 604 cm³/mol. The van der Waals surface area contributed by atoms with Crippen LogP contribution in [-0.4, -0.2) is 83.5 Å². The number of hydrogen-bond donors (Lipinski definition) is 0. The molecule has 0 aliphatic heterocycles. The van der Waals surface area contributed by atoms with Gasteiger partial charge in [0.15, 0.2) is 29.1 Å². The second-order valence-corrected chi connectivity index (χ2v) is 42.0. The zero-order chi connectivity index (χ0) is 95.0. The molecule has 0 saturated heterocycles. The highest BCUT2D eigenvalue weighted by molar-refractivity contribution is 7.31. The lowest BCUT2D eigenvalue weighted by Crippen LogP contribution is -2.06. The summed E-state index contributed by atoms with van der Waals surface area (Å²) in [6.07, 6.45) is 10.8. The van der Waals surface area contributed by atoms with Gasteiger partial charge in [0.25, 0.3) is 0 Å². The zero-order valence-electron chi connectivity index (χ0n) is 76.2. The molecule has 145 heavy (non-hydrogen) atoms. The van der Waals surface area contributed by atoms with Crippen LogP contribution in [0.3, 0.4) is 0 Å². The normalized spacial score (nSPS) is 12.0. The maximum Gasteiger partial charge on any atom is 0.238 e. The molecule has 23 heteroatoms. The Morgan fingerprint density at radius 3 is 0.924 bits per heavy atom. The zero-order valence-corrected chi connectivity index (χ0v) is 81.1. The van der Waals surface area contributed by atoms with Gasteiger partial charge < -0.3 is 4.57 Å². The summed E-state index contributed by atoms with van der Waals surface area (Å²) < 4.78 is 21.2. The lowest BCUT2D eigenvalue weighted by Gasteiger charge is -2.12. The fourth-order valence-corrected chi connectivity index (χ4v) is 28.7. The Bertz CT molecular complexity index is 10900. The van der Waals surface area contributed by atoms with E-state index in [1.807, 2.05) is 150 Å². The van der Waals surface area contributed by atoms with Crippen LogP contribution in [0, 0.1) is 0 Å². The largest absolute Gasteiger partial charge is 0.308 e. The van der Waals surface area contributed by atoms with Crippen molar-refractivity contribution in [2.75, 3.05) is 0 Å². The molecule has 0 unspecified atom stereocenters. The number of para-hydroxylation sites is 4. The van der Waals surface area contributed by atoms with Gasteiger partial charge in [0, 0.05) is 172 Å². The van der Waals surface area contributed by atoms with Crippen molar-refractivity contribution < 1.29 is 0 Å². The Morgan fingerprint density at radius 2 is 0.497 bits per heavy atom. The number of aromatic nitrogens is 17. The van der Waals surface area contributed by atoms with E-state index in [9.17, 15) is 0 Å². The van der Waals surface area contributed by atoms with E-state index < -0.39 is 0 Å². The van der Waals surface area contributed by atoms with E-state index in [1.54, 1.807) is 53.0 Å². The Balaban J connectivity index is 0.000000101. The maximum absolute atomic E-state index is 5.33. The van der Waals surface area contributed by atoms with Gasteiger partial charge in [-0.25, -0.2) is 59.8 Å². The first-order chi connectivity index (χ1) is 71.9. The average molecular weight is 1960 g/mol. The van der Waals surface area contributed by atoms with E-state index in [2.05, 4.69) is 302 Å². The van der Waals surface area contributed by atoms with Gasteiger partial charge in [-0.1, -0.05) is 315 Å². The van der Waals surface area contributed by atoms with Crippen molar-refractivity contribution in [1.82, 2.24) is 83.5 Å². The van der Waals surface area contributed by atoms with E-state index in [-0.39, 0.29) is 0 Å². The summed E-state index contributed by atoms with van der Waals surface area (Å²) in [6, 6.07) is 129. The third-order valence-electron chi connectivity index (χ3n) is 27.6. The maximum atomic E-state index is 5.33. The average Bonchev–Trinajstić information content (AvgIpc) is 1.53. The van der Waals surface area contributed by atoms with Gasteiger partial charge in [-0.2, -0.15) is 9.97 Å². The van der Waals surface area contributed by atoms with Crippen molar-refractivity contribution in [3.63, 3.8) is 0 Å². The minimum Gasteiger partial charge on any atom is -0.308 e. The first-order valence-corrected chi connectivity index (χ1v) is 52.3. The number of nitrogens with zero attached hydrogens (tertiary/aromatic N) is 17. The Morgan fingerprint density at radius 1 is 0.193 bits per heavy atom. The number of hydrogen-bond acceptors (Lipinski definition) is 20. The van der Waals surface area contributed by atoms with Crippen LogP contribution in [0.4, 0.5) is 0 Å². The van der Waals surface area contributed by atoms with Crippen molar-refractivity contribution in [1.29, 1.82) is 0 Å². The first-order valence-electron chi connectivity index (χ1n) is 47.4. The molecule has 676 valence electrons. The summed E-state index contributed by atoms with van der Waals surface area (Å²) in [7, 11) is 0. The Labute approximate surface area is 846 Å². The van der Waals surface area contributed by atoms with Gasteiger partial charge >= 0.3 is 0 Å². The quantitative estimate of drug-likeness (QED) is 0.125. The van der Waals surface area contributed by atoms with Gasteiger partial charge in [-0.3, -0.25) is 9.13 Å². The second kappa shape index (κ2) is 33.4. The third-order valence-corrected chi connectivity index (χ3v) is 34.5. The van der Waals surface area contributed by atoms with E-state index in [1.165, 1.54) is 119 Å². The van der Waals surface area contributed by atoms with Crippen LogP contribution in [0.1, 0.15) is 0 Å². The molecule has 0 saturated carbocycles. The summed E-state index contributed by atoms with van der Waals surface area (Å²) in [4.78, 5) is 68.9. The van der Waals surface area contributed by atoms with Gasteiger partial charge in [0.05, 0.1) is 89.1 Å². The predicted octanol–water partition coefficient (Wildman–Crippen LogP) is 32.9. The molecule has 0 aliphatic rings. The smallest absolute Gasteiger partial charge is 0.238 e. The molecule has 0 aliphatic carbocycles. The first kappa shape index (κ1) is 82.9. The van der Waals surface area contributed by atoms with Crippen molar-refractivity contribution in [2.45, 2.75) is 0 Å². The summed E-state index contributed by atoms with van der Waals surface area (Å²) in [5, 5.41) is 19.4. The van der Waals surface area contributed by atoms with E-state index in [0.29, 0.717) is 41.0 Å². The molecule has 32 rings (SSSR count). The van der Waals surface area contributed by atoms with Crippen LogP contribution < -0.4 is 0 Å². The highest BCUT2D eigenvalue weighted by Gasteiger charge is 2.32. The summed E-state index contributed by atoms with van der Waals surface area (Å²) >= 11 is 10.8. The standard InChI is InChI=1S/2C43H24N6S2.C36H19N5S2/c1-3-12-25(13-4-1)41-46-42(26-14-5-2-6-15-26)48-43(47-41)27-16-11-17-28(22-27)49-31-20-9-7-18-29(31)35-38(49)40-36(37-33(51-40)23-44-24-45-37)34-30-19-8-10-21-32(30)50-39(34)35;1-3-11-25(12-4-1)26-19-21-28(22-20-26)42-46-41(27-13-5-2-6-14-27)47-43(48-42)49-31-17-9-7-15-29(31)35-38(49)40-36(37-33(51-40)23-44-24-45-37)34-30-16-8-10-18-32(30)50-39(34)35;1-2-10-20(11-3-1)31-21-12-4-7-15-24(21)39-36(40-31)41-25-16-8-5-13-22(25)29-33(41)35-30(32-27(43-35)18-37-19-38-32)28-23-14-6-9-17-26(23)42-34(28)29/h2*1-24H;1-19H. The fourth-order valence-electron chi connectivity index (χ4n) is 21.3. The van der Waals surface area contributed by atoms with Crippen LogP contribution in [0.15, 0.2) is 408 Å². The number of benzene rings is 17. The molecule has 0 spiro atoms. The number of thiophene rings is 6. The summed E-state index contributed by atoms with van der Waals surface area (Å²) in [6.45, 7) is 0. The molecular weight excluding hydrogens is 1900 g/mol. The van der Waals surface area contributed by atoms with Crippen LogP contribution in [0.2, 0.25) is 0 Å². The van der Waals surface area contributed by atoms with E-state index in [4.69, 9.17) is 54.8 Å². The third kappa shape index (κ3) is 13.2. The molecule has 0 atom stereocenters. The van der Waals surface area contributed by atoms with Crippen molar-refractivity contribution in [2.24, 2.45) is 0 Å². The SMILES string of the molecule is c1ccc(-c2ccc(-c3nc(-c4ccccc4)nc(-n4c5ccccc5c5c6sc7ccccc7c6c6c7ncncc7sc6c54)n3)cc2)cc1.c1ccc(-c2nc(-c3ccccc3)nc(-c3cccc(-n4c5ccccc5c5c6sc7ccccc7c6c6c7ncncc7sc6c54)c3)n2)cc1.c1ccc(-c2nc(-n3c4ccccc4c4c5sc6ccccc6c5c5c6ncncc6sc5c43)nc3ccccc23)cc1. The summed E-state index contributed by atoms with van der Waals surface area (Å²) in [5.74, 6) is 4.38. The Hall–Kier alpha value is -17.9. The monoisotopic (exact) mass is 1960 g/mol. The summed E-state index contributed by atoms with van der Waals surface area (Å²) in [5.41, 5.74) is 20.5. The van der Waals surface area contributed by atoms with Crippen molar-refractivity contribution in [3.05, 3.63) is 408 Å².